The zero-order valence-corrected chi connectivity index (χ0v) is 10.8. The van der Waals surface area contributed by atoms with Crippen molar-refractivity contribution in [2.45, 2.75) is 25.0 Å². The number of benzene rings is 1. The number of hydrogen-bond donors (Lipinski definition) is 1. The largest absolute Gasteiger partial charge is 0.442 e. The lowest BCUT2D eigenvalue weighted by Gasteiger charge is -2.11. The topological polar surface area (TPSA) is 58.6 Å². The summed E-state index contributed by atoms with van der Waals surface area (Å²) in [4.78, 5) is 25.1. The minimum Gasteiger partial charge on any atom is -0.442 e. The maximum atomic E-state index is 13.4. The van der Waals surface area contributed by atoms with Crippen LogP contribution in [0, 0.1) is 5.82 Å². The summed E-state index contributed by atoms with van der Waals surface area (Å²) in [6, 6.07) is 6.08. The van der Waals surface area contributed by atoms with Crippen LogP contribution in [0.25, 0.3) is 0 Å². The zero-order chi connectivity index (χ0) is 14.1. The highest BCUT2D eigenvalue weighted by Gasteiger charge is 2.40. The average molecular weight is 278 g/mol. The van der Waals surface area contributed by atoms with Crippen molar-refractivity contribution in [2.75, 3.05) is 13.1 Å². The van der Waals surface area contributed by atoms with Gasteiger partial charge in [0, 0.05) is 6.04 Å². The molecule has 2 aliphatic rings. The van der Waals surface area contributed by atoms with Gasteiger partial charge >= 0.3 is 6.09 Å². The normalized spacial score (nSPS) is 21.8. The molecule has 1 aromatic carbocycles. The molecule has 1 saturated carbocycles. The molecule has 3 rings (SSSR count). The minimum atomic E-state index is -0.562. The molecule has 6 heteroatoms. The van der Waals surface area contributed by atoms with Crippen molar-refractivity contribution in [1.29, 1.82) is 0 Å². The van der Waals surface area contributed by atoms with E-state index in [-0.39, 0.29) is 24.3 Å². The number of amides is 2. The summed E-state index contributed by atoms with van der Waals surface area (Å²) in [5.41, 5.74) is -0.00382. The SMILES string of the molecule is O=C(NCC1CN(C2CC2)C(=O)O1)c1ccccc1F. The summed E-state index contributed by atoms with van der Waals surface area (Å²) >= 11 is 0. The first-order valence-electron chi connectivity index (χ1n) is 6.65. The number of carbonyl (C=O) groups excluding carboxylic acids is 2. The highest BCUT2D eigenvalue weighted by molar-refractivity contribution is 5.94. The van der Waals surface area contributed by atoms with Crippen LogP contribution in [0.2, 0.25) is 0 Å². The summed E-state index contributed by atoms with van der Waals surface area (Å²) in [5, 5.41) is 2.60. The molecule has 0 spiro atoms. The Morgan fingerprint density at radius 2 is 2.15 bits per heavy atom. The molecule has 0 aromatic heterocycles. The van der Waals surface area contributed by atoms with E-state index in [9.17, 15) is 14.0 Å². The maximum absolute atomic E-state index is 13.4. The number of cyclic esters (lactones) is 1. The van der Waals surface area contributed by atoms with Crippen LogP contribution in [-0.2, 0) is 4.74 Å². The third-order valence-electron chi connectivity index (χ3n) is 3.50. The summed E-state index contributed by atoms with van der Waals surface area (Å²) in [7, 11) is 0. The van der Waals surface area contributed by atoms with Gasteiger partial charge in [0.05, 0.1) is 18.7 Å². The molecule has 1 atom stereocenters. The minimum absolute atomic E-state index is 0.00382. The molecule has 106 valence electrons. The Morgan fingerprint density at radius 1 is 1.40 bits per heavy atom. The van der Waals surface area contributed by atoms with Crippen molar-refractivity contribution in [2.24, 2.45) is 0 Å². The molecule has 1 aliphatic carbocycles. The van der Waals surface area contributed by atoms with E-state index in [0.29, 0.717) is 12.6 Å². The second-order valence-electron chi connectivity index (χ2n) is 5.08. The van der Waals surface area contributed by atoms with Gasteiger partial charge in [0.25, 0.3) is 5.91 Å². The molecular formula is C14H15FN2O3. The van der Waals surface area contributed by atoms with Crippen LogP contribution in [-0.4, -0.2) is 42.1 Å². The van der Waals surface area contributed by atoms with Gasteiger partial charge in [-0.1, -0.05) is 12.1 Å². The first kappa shape index (κ1) is 12.9. The van der Waals surface area contributed by atoms with Gasteiger partial charge in [-0.2, -0.15) is 0 Å². The van der Waals surface area contributed by atoms with Crippen molar-refractivity contribution in [3.8, 4) is 0 Å². The van der Waals surface area contributed by atoms with Gasteiger partial charge in [0.15, 0.2) is 0 Å². The summed E-state index contributed by atoms with van der Waals surface area (Å²) in [6.45, 7) is 0.684. The Bertz CT molecular complexity index is 545. The smallest absolute Gasteiger partial charge is 0.410 e. The molecule has 0 bridgehead atoms. The lowest BCUT2D eigenvalue weighted by atomic mass is 10.2. The van der Waals surface area contributed by atoms with Crippen molar-refractivity contribution >= 4 is 12.0 Å². The van der Waals surface area contributed by atoms with E-state index < -0.39 is 11.7 Å². The molecule has 1 aliphatic heterocycles. The molecule has 1 unspecified atom stereocenters. The van der Waals surface area contributed by atoms with E-state index in [2.05, 4.69) is 5.32 Å². The molecule has 20 heavy (non-hydrogen) atoms. The second-order valence-corrected chi connectivity index (χ2v) is 5.08. The number of carbonyl (C=O) groups is 2. The van der Waals surface area contributed by atoms with Gasteiger partial charge in [-0.3, -0.25) is 4.79 Å². The van der Waals surface area contributed by atoms with Crippen LogP contribution >= 0.6 is 0 Å². The highest BCUT2D eigenvalue weighted by Crippen LogP contribution is 2.30. The molecule has 5 nitrogen and oxygen atoms in total. The summed E-state index contributed by atoms with van der Waals surface area (Å²) in [5.74, 6) is -1.06. The number of ether oxygens (including phenoxy) is 1. The molecule has 2 amide bonds. The van der Waals surface area contributed by atoms with E-state index >= 15 is 0 Å². The zero-order valence-electron chi connectivity index (χ0n) is 10.8. The number of nitrogens with one attached hydrogen (secondary N) is 1. The van der Waals surface area contributed by atoms with Crippen LogP contribution in [0.3, 0.4) is 0 Å². The first-order valence-corrected chi connectivity index (χ1v) is 6.65. The monoisotopic (exact) mass is 278 g/mol. The highest BCUT2D eigenvalue weighted by atomic mass is 19.1. The van der Waals surface area contributed by atoms with Gasteiger partial charge in [0.1, 0.15) is 11.9 Å². The van der Waals surface area contributed by atoms with E-state index in [1.807, 2.05) is 0 Å². The molecule has 2 fully saturated rings. The lowest BCUT2D eigenvalue weighted by molar-refractivity contribution is 0.0910. The molecule has 1 N–H and O–H groups in total. The van der Waals surface area contributed by atoms with Crippen molar-refractivity contribution in [3.05, 3.63) is 35.6 Å². The number of halogens is 1. The Kier molecular flexibility index (Phi) is 3.30. The Balaban J connectivity index is 1.54. The third-order valence-corrected chi connectivity index (χ3v) is 3.50. The van der Waals surface area contributed by atoms with Crippen molar-refractivity contribution in [1.82, 2.24) is 10.2 Å². The van der Waals surface area contributed by atoms with E-state index in [4.69, 9.17) is 4.74 Å². The van der Waals surface area contributed by atoms with Gasteiger partial charge in [-0.15, -0.1) is 0 Å². The van der Waals surface area contributed by atoms with Crippen LogP contribution in [0.4, 0.5) is 9.18 Å². The predicted molar refractivity (Wildman–Crippen MR) is 68.7 cm³/mol. The first-order chi connectivity index (χ1) is 9.65. The quantitative estimate of drug-likeness (QED) is 0.909. The third kappa shape index (κ3) is 2.59. The van der Waals surface area contributed by atoms with Gasteiger partial charge in [-0.05, 0) is 25.0 Å². The predicted octanol–water partition coefficient (Wildman–Crippen LogP) is 1.54. The van der Waals surface area contributed by atoms with E-state index in [0.717, 1.165) is 12.8 Å². The van der Waals surface area contributed by atoms with Crippen LogP contribution < -0.4 is 5.32 Å². The fourth-order valence-electron chi connectivity index (χ4n) is 2.28. The van der Waals surface area contributed by atoms with Crippen molar-refractivity contribution in [3.63, 3.8) is 0 Å². The molecule has 1 saturated heterocycles. The van der Waals surface area contributed by atoms with Crippen molar-refractivity contribution < 1.29 is 18.7 Å². The molecular weight excluding hydrogens is 263 g/mol. The standard InChI is InChI=1S/C14H15FN2O3/c15-12-4-2-1-3-11(12)13(18)16-7-10-8-17(9-5-6-9)14(19)20-10/h1-4,9-10H,5-8H2,(H,16,18). The second kappa shape index (κ2) is 5.11. The van der Waals surface area contributed by atoms with Crippen LogP contribution in [0.5, 0.6) is 0 Å². The van der Waals surface area contributed by atoms with Crippen LogP contribution in [0.1, 0.15) is 23.2 Å². The summed E-state index contributed by atoms with van der Waals surface area (Å²) < 4.78 is 18.6. The summed E-state index contributed by atoms with van der Waals surface area (Å²) in [6.07, 6.45) is 1.35. The average Bonchev–Trinajstić information content (AvgIpc) is 3.20. The van der Waals surface area contributed by atoms with Crippen LogP contribution in [0.15, 0.2) is 24.3 Å². The molecule has 1 aromatic rings. The van der Waals surface area contributed by atoms with Gasteiger partial charge < -0.3 is 15.0 Å². The number of hydrogen-bond acceptors (Lipinski definition) is 3. The number of rotatable bonds is 4. The van der Waals surface area contributed by atoms with Gasteiger partial charge in [-0.25, -0.2) is 9.18 Å². The van der Waals surface area contributed by atoms with Gasteiger partial charge in [0.2, 0.25) is 0 Å². The number of nitrogens with zero attached hydrogens (tertiary/aromatic N) is 1. The van der Waals surface area contributed by atoms with E-state index in [1.165, 1.54) is 18.2 Å². The molecule has 0 radical (unpaired) electrons. The fourth-order valence-corrected chi connectivity index (χ4v) is 2.28. The Hall–Kier alpha value is -2.11. The fraction of sp³-hybridized carbons (Fsp3) is 0.429. The Morgan fingerprint density at radius 3 is 2.85 bits per heavy atom. The van der Waals surface area contributed by atoms with E-state index in [1.54, 1.807) is 11.0 Å². The maximum Gasteiger partial charge on any atom is 0.410 e. The molecule has 1 heterocycles. The Labute approximate surface area is 115 Å². The lowest BCUT2D eigenvalue weighted by Crippen LogP contribution is -2.35.